The van der Waals surface area contributed by atoms with Crippen LogP contribution in [0.1, 0.15) is 25.6 Å². The fraction of sp³-hybridized carbons (Fsp3) is 0.667. The molecule has 0 bridgehead atoms. The summed E-state index contributed by atoms with van der Waals surface area (Å²) >= 11 is 1.54. The van der Waals surface area contributed by atoms with Crippen molar-refractivity contribution in [2.45, 2.75) is 26.4 Å². The number of nitrogens with zero attached hydrogens (tertiary/aromatic N) is 3. The maximum absolute atomic E-state index is 11.4. The Kier molecular flexibility index (Phi) is 10.6. The molecule has 9 heteroatoms. The van der Waals surface area contributed by atoms with Gasteiger partial charge in [-0.1, -0.05) is 6.07 Å². The second-order valence-electron chi connectivity index (χ2n) is 6.72. The minimum atomic E-state index is -0.959. The molecule has 2 heterocycles. The van der Waals surface area contributed by atoms with Crippen LogP contribution >= 0.6 is 35.3 Å². The third-order valence-corrected chi connectivity index (χ3v) is 5.60. The largest absolute Gasteiger partial charge is 0.383 e. The lowest BCUT2D eigenvalue weighted by molar-refractivity contribution is -0.130. The van der Waals surface area contributed by atoms with Crippen LogP contribution in [-0.2, 0) is 10.4 Å². The zero-order valence-electron chi connectivity index (χ0n) is 16.4. The zero-order chi connectivity index (χ0) is 19.0. The van der Waals surface area contributed by atoms with E-state index < -0.39 is 5.60 Å². The number of hydrogen-bond acceptors (Lipinski definition) is 5. The van der Waals surface area contributed by atoms with E-state index in [2.05, 4.69) is 20.5 Å². The molecule has 0 aromatic carbocycles. The fourth-order valence-electron chi connectivity index (χ4n) is 2.86. The molecule has 1 atom stereocenters. The number of halogens is 1. The second-order valence-corrected chi connectivity index (χ2v) is 7.67. The average Bonchev–Trinajstić information content (AvgIpc) is 3.16. The van der Waals surface area contributed by atoms with Crippen molar-refractivity contribution in [2.24, 2.45) is 4.99 Å². The van der Waals surface area contributed by atoms with Gasteiger partial charge in [0.25, 0.3) is 0 Å². The number of carbonyl (C=O) groups excluding carboxylic acids is 1. The second kappa shape index (κ2) is 11.8. The van der Waals surface area contributed by atoms with Crippen LogP contribution in [0.15, 0.2) is 22.5 Å². The minimum absolute atomic E-state index is 0. The van der Waals surface area contributed by atoms with Crippen molar-refractivity contribution < 1.29 is 9.90 Å². The van der Waals surface area contributed by atoms with Crippen LogP contribution < -0.4 is 10.6 Å². The van der Waals surface area contributed by atoms with Crippen LogP contribution in [0.3, 0.4) is 0 Å². The van der Waals surface area contributed by atoms with E-state index >= 15 is 0 Å². The molecule has 1 amide bonds. The van der Waals surface area contributed by atoms with Crippen LogP contribution in [0, 0.1) is 0 Å². The van der Waals surface area contributed by atoms with Crippen molar-refractivity contribution in [2.75, 3.05) is 52.4 Å². The van der Waals surface area contributed by atoms with Gasteiger partial charge in [0.15, 0.2) is 5.96 Å². The fourth-order valence-corrected chi connectivity index (χ4v) is 3.64. The van der Waals surface area contributed by atoms with Crippen molar-refractivity contribution in [3.63, 3.8) is 0 Å². The normalized spacial score (nSPS) is 17.8. The van der Waals surface area contributed by atoms with E-state index in [4.69, 9.17) is 0 Å². The van der Waals surface area contributed by atoms with Crippen molar-refractivity contribution >= 4 is 47.2 Å². The van der Waals surface area contributed by atoms with E-state index in [-0.39, 0.29) is 29.9 Å². The Bertz CT molecular complexity index is 587. The lowest BCUT2D eigenvalue weighted by atomic mass is 10.1. The number of thiophene rings is 1. The molecule has 0 radical (unpaired) electrons. The van der Waals surface area contributed by atoms with Crippen LogP contribution in [0.2, 0.25) is 0 Å². The third-order valence-electron chi connectivity index (χ3n) is 4.48. The predicted molar refractivity (Wildman–Crippen MR) is 122 cm³/mol. The molecule has 154 valence electrons. The molecule has 1 aromatic heterocycles. The molecule has 27 heavy (non-hydrogen) atoms. The van der Waals surface area contributed by atoms with Gasteiger partial charge in [0.1, 0.15) is 5.60 Å². The highest BCUT2D eigenvalue weighted by Gasteiger charge is 2.24. The number of hydrogen-bond donors (Lipinski definition) is 3. The summed E-state index contributed by atoms with van der Waals surface area (Å²) in [6, 6.07) is 3.87. The average molecular weight is 509 g/mol. The highest BCUT2D eigenvalue weighted by Crippen LogP contribution is 2.25. The van der Waals surface area contributed by atoms with Gasteiger partial charge in [0, 0.05) is 57.6 Å². The number of guanidine groups is 1. The Balaban J connectivity index is 0.00000364. The maximum atomic E-state index is 11.4. The number of amides is 1. The molecule has 2 rings (SSSR count). The van der Waals surface area contributed by atoms with Crippen LogP contribution in [0.4, 0.5) is 0 Å². The van der Waals surface area contributed by atoms with Crippen LogP contribution in [0.5, 0.6) is 0 Å². The standard InChI is InChI=1S/C18H31N5O2S.HI/c1-4-19-17(21-14-18(3,25)16-6-5-13-26-16)20-7-8-22-9-11-23(12-10-22)15(2)24;/h5-6,13,25H,4,7-12,14H2,1-3H3,(H2,19,20,21);1H. The minimum Gasteiger partial charge on any atom is -0.383 e. The summed E-state index contributed by atoms with van der Waals surface area (Å²) in [5.41, 5.74) is -0.959. The van der Waals surface area contributed by atoms with E-state index in [1.807, 2.05) is 29.3 Å². The van der Waals surface area contributed by atoms with Gasteiger partial charge in [-0.15, -0.1) is 35.3 Å². The van der Waals surface area contributed by atoms with Crippen molar-refractivity contribution in [3.8, 4) is 0 Å². The first-order chi connectivity index (χ1) is 12.4. The Hall–Kier alpha value is -0.910. The first-order valence-corrected chi connectivity index (χ1v) is 10.1. The smallest absolute Gasteiger partial charge is 0.219 e. The Morgan fingerprint density at radius 2 is 2.04 bits per heavy atom. The van der Waals surface area contributed by atoms with E-state index in [0.29, 0.717) is 12.5 Å². The molecule has 1 aliphatic rings. The van der Waals surface area contributed by atoms with Crippen LogP contribution in [0.25, 0.3) is 0 Å². The number of rotatable bonds is 7. The molecular formula is C18H32IN5O2S. The molecule has 1 aliphatic heterocycles. The van der Waals surface area contributed by atoms with Gasteiger partial charge >= 0.3 is 0 Å². The van der Waals surface area contributed by atoms with Gasteiger partial charge in [0.05, 0.1) is 6.54 Å². The molecule has 0 spiro atoms. The molecule has 1 saturated heterocycles. The number of piperazine rings is 1. The van der Waals surface area contributed by atoms with E-state index in [9.17, 15) is 9.90 Å². The van der Waals surface area contributed by atoms with E-state index in [1.54, 1.807) is 13.8 Å². The molecule has 1 aromatic rings. The van der Waals surface area contributed by atoms with Gasteiger partial charge in [-0.05, 0) is 25.3 Å². The lowest BCUT2D eigenvalue weighted by Gasteiger charge is -2.34. The molecule has 0 saturated carbocycles. The summed E-state index contributed by atoms with van der Waals surface area (Å²) in [7, 11) is 0. The highest BCUT2D eigenvalue weighted by atomic mass is 127. The quantitative estimate of drug-likeness (QED) is 0.294. The van der Waals surface area contributed by atoms with Gasteiger partial charge < -0.3 is 20.6 Å². The molecule has 1 fully saturated rings. The number of nitrogens with one attached hydrogen (secondary N) is 2. The van der Waals surface area contributed by atoms with Gasteiger partial charge in [0.2, 0.25) is 5.91 Å². The molecular weight excluding hydrogens is 477 g/mol. The number of carbonyl (C=O) groups is 1. The Morgan fingerprint density at radius 1 is 1.33 bits per heavy atom. The number of aliphatic imine (C=N–C) groups is 1. The van der Waals surface area contributed by atoms with Crippen molar-refractivity contribution in [3.05, 3.63) is 22.4 Å². The Labute approximate surface area is 183 Å². The summed E-state index contributed by atoms with van der Waals surface area (Å²) in [4.78, 5) is 21.1. The first-order valence-electron chi connectivity index (χ1n) is 9.19. The third kappa shape index (κ3) is 7.92. The highest BCUT2D eigenvalue weighted by molar-refractivity contribution is 14.0. The van der Waals surface area contributed by atoms with Crippen LogP contribution in [-0.4, -0.2) is 79.1 Å². The van der Waals surface area contributed by atoms with Gasteiger partial charge in [-0.2, -0.15) is 0 Å². The van der Waals surface area contributed by atoms with Crippen molar-refractivity contribution in [1.82, 2.24) is 20.4 Å². The lowest BCUT2D eigenvalue weighted by Crippen LogP contribution is -2.50. The summed E-state index contributed by atoms with van der Waals surface area (Å²) in [6.45, 7) is 11.6. The molecule has 7 nitrogen and oxygen atoms in total. The maximum Gasteiger partial charge on any atom is 0.219 e. The molecule has 3 N–H and O–H groups in total. The summed E-state index contributed by atoms with van der Waals surface area (Å²) in [5.74, 6) is 0.869. The van der Waals surface area contributed by atoms with E-state index in [0.717, 1.165) is 50.7 Å². The number of aliphatic hydroxyl groups is 1. The van der Waals surface area contributed by atoms with Gasteiger partial charge in [-0.25, -0.2) is 4.99 Å². The summed E-state index contributed by atoms with van der Waals surface area (Å²) in [6.07, 6.45) is 0. The Morgan fingerprint density at radius 3 is 2.59 bits per heavy atom. The summed E-state index contributed by atoms with van der Waals surface area (Å²) < 4.78 is 0. The topological polar surface area (TPSA) is 80.2 Å². The molecule has 0 aliphatic carbocycles. The van der Waals surface area contributed by atoms with Gasteiger partial charge in [-0.3, -0.25) is 9.69 Å². The summed E-state index contributed by atoms with van der Waals surface area (Å²) in [5, 5.41) is 19.1. The zero-order valence-corrected chi connectivity index (χ0v) is 19.5. The monoisotopic (exact) mass is 509 g/mol. The predicted octanol–water partition coefficient (Wildman–Crippen LogP) is 1.29. The first kappa shape index (κ1) is 24.1. The molecule has 1 unspecified atom stereocenters. The van der Waals surface area contributed by atoms with E-state index in [1.165, 1.54) is 11.3 Å². The SMILES string of the molecule is CCNC(=NCC(C)(O)c1cccs1)NCCN1CCN(C(C)=O)CC1.I. The van der Waals surface area contributed by atoms with Crippen molar-refractivity contribution in [1.29, 1.82) is 0 Å².